The lowest BCUT2D eigenvalue weighted by molar-refractivity contribution is -0.112. The van der Waals surface area contributed by atoms with Gasteiger partial charge in [-0.3, -0.25) is 4.79 Å². The van der Waals surface area contributed by atoms with Gasteiger partial charge in [0.25, 0.3) is 5.91 Å². The second kappa shape index (κ2) is 7.13. The lowest BCUT2D eigenvalue weighted by atomic mass is 10.1. The van der Waals surface area contributed by atoms with E-state index in [4.69, 9.17) is 23.2 Å². The summed E-state index contributed by atoms with van der Waals surface area (Å²) >= 11 is 11.8. The van der Waals surface area contributed by atoms with E-state index in [1.54, 1.807) is 24.3 Å². The van der Waals surface area contributed by atoms with E-state index >= 15 is 0 Å². The number of rotatable bonds is 3. The van der Waals surface area contributed by atoms with Gasteiger partial charge in [-0.25, -0.2) is 0 Å². The largest absolute Gasteiger partial charge is 0.321 e. The molecule has 0 heterocycles. The molecular formula is C17H12Cl2N2O. The Balaban J connectivity index is 2.23. The first-order valence-corrected chi connectivity index (χ1v) is 7.20. The maximum Gasteiger partial charge on any atom is 0.266 e. The first-order valence-electron chi connectivity index (χ1n) is 6.44. The average molecular weight is 331 g/mol. The first-order chi connectivity index (χ1) is 10.5. The minimum Gasteiger partial charge on any atom is -0.321 e. The van der Waals surface area contributed by atoms with Crippen LogP contribution in [0.2, 0.25) is 10.0 Å². The summed E-state index contributed by atoms with van der Waals surface area (Å²) < 4.78 is 0. The molecule has 0 radical (unpaired) electrons. The average Bonchev–Trinajstić information content (AvgIpc) is 2.48. The third-order valence-electron chi connectivity index (χ3n) is 2.90. The lowest BCUT2D eigenvalue weighted by Gasteiger charge is -2.05. The van der Waals surface area contributed by atoms with Gasteiger partial charge in [-0.05, 0) is 48.4 Å². The van der Waals surface area contributed by atoms with E-state index < -0.39 is 5.91 Å². The van der Waals surface area contributed by atoms with E-state index in [1.165, 1.54) is 6.08 Å². The summed E-state index contributed by atoms with van der Waals surface area (Å²) in [7, 11) is 0. The minimum atomic E-state index is -0.473. The number of nitrogens with zero attached hydrogens (tertiary/aromatic N) is 1. The van der Waals surface area contributed by atoms with Gasteiger partial charge >= 0.3 is 0 Å². The van der Waals surface area contributed by atoms with Crippen molar-refractivity contribution in [2.45, 2.75) is 6.92 Å². The predicted octanol–water partition coefficient (Wildman–Crippen LogP) is 4.85. The molecular weight excluding hydrogens is 319 g/mol. The van der Waals surface area contributed by atoms with Crippen LogP contribution in [0.4, 0.5) is 5.69 Å². The van der Waals surface area contributed by atoms with Gasteiger partial charge in [0.15, 0.2) is 0 Å². The lowest BCUT2D eigenvalue weighted by Crippen LogP contribution is -2.13. The van der Waals surface area contributed by atoms with Gasteiger partial charge in [-0.15, -0.1) is 0 Å². The molecule has 0 aliphatic rings. The number of anilines is 1. The van der Waals surface area contributed by atoms with Gasteiger partial charge in [-0.1, -0.05) is 41.4 Å². The highest BCUT2D eigenvalue weighted by atomic mass is 35.5. The highest BCUT2D eigenvalue weighted by Crippen LogP contribution is 2.24. The quantitative estimate of drug-likeness (QED) is 0.646. The van der Waals surface area contributed by atoms with Crippen molar-refractivity contribution in [3.63, 3.8) is 0 Å². The normalized spacial score (nSPS) is 10.9. The number of carbonyl (C=O) groups excluding carboxylic acids is 1. The van der Waals surface area contributed by atoms with E-state index in [-0.39, 0.29) is 5.57 Å². The monoisotopic (exact) mass is 330 g/mol. The fourth-order valence-electron chi connectivity index (χ4n) is 1.84. The van der Waals surface area contributed by atoms with Crippen molar-refractivity contribution in [3.8, 4) is 6.07 Å². The fourth-order valence-corrected chi connectivity index (χ4v) is 2.15. The molecule has 5 heteroatoms. The molecule has 0 spiro atoms. The Hall–Kier alpha value is -2.28. The third-order valence-corrected chi connectivity index (χ3v) is 3.63. The summed E-state index contributed by atoms with van der Waals surface area (Å²) in [5, 5.41) is 12.7. The number of amides is 1. The van der Waals surface area contributed by atoms with Gasteiger partial charge in [0.1, 0.15) is 11.6 Å². The van der Waals surface area contributed by atoms with Gasteiger partial charge < -0.3 is 5.32 Å². The molecule has 0 aliphatic heterocycles. The Labute approximate surface area is 138 Å². The number of aryl methyl sites for hydroxylation is 1. The van der Waals surface area contributed by atoms with Crippen molar-refractivity contribution in [1.29, 1.82) is 5.26 Å². The van der Waals surface area contributed by atoms with Crippen molar-refractivity contribution in [3.05, 3.63) is 69.2 Å². The molecule has 0 unspecified atom stereocenters. The summed E-state index contributed by atoms with van der Waals surface area (Å²) in [5.74, 6) is -0.473. The van der Waals surface area contributed by atoms with Crippen LogP contribution in [0.5, 0.6) is 0 Å². The highest BCUT2D eigenvalue weighted by molar-refractivity contribution is 6.42. The van der Waals surface area contributed by atoms with Gasteiger partial charge in [0.05, 0.1) is 10.0 Å². The smallest absolute Gasteiger partial charge is 0.266 e. The number of nitrogens with one attached hydrogen (secondary N) is 1. The van der Waals surface area contributed by atoms with Crippen LogP contribution in [0.1, 0.15) is 11.1 Å². The Morgan fingerprint density at radius 2 is 1.95 bits per heavy atom. The topological polar surface area (TPSA) is 52.9 Å². The van der Waals surface area contributed by atoms with Crippen molar-refractivity contribution in [1.82, 2.24) is 0 Å². The van der Waals surface area contributed by atoms with Crippen molar-refractivity contribution < 1.29 is 4.79 Å². The zero-order valence-corrected chi connectivity index (χ0v) is 13.2. The summed E-state index contributed by atoms with van der Waals surface area (Å²) in [6.45, 7) is 1.92. The zero-order chi connectivity index (χ0) is 16.1. The molecule has 1 amide bonds. The van der Waals surface area contributed by atoms with E-state index in [2.05, 4.69) is 5.32 Å². The molecule has 0 fully saturated rings. The number of benzene rings is 2. The number of hydrogen-bond acceptors (Lipinski definition) is 2. The number of halogens is 2. The molecule has 3 nitrogen and oxygen atoms in total. The summed E-state index contributed by atoms with van der Waals surface area (Å²) in [5.41, 5.74) is 2.27. The van der Waals surface area contributed by atoms with Crippen LogP contribution in [0.3, 0.4) is 0 Å². The second-order valence-corrected chi connectivity index (χ2v) is 5.48. The number of carbonyl (C=O) groups is 1. The van der Waals surface area contributed by atoms with Crippen LogP contribution in [0.25, 0.3) is 6.08 Å². The molecule has 0 bridgehead atoms. The molecule has 1 N–H and O–H groups in total. The van der Waals surface area contributed by atoms with Crippen molar-refractivity contribution in [2.75, 3.05) is 5.32 Å². The molecule has 0 atom stereocenters. The molecule has 22 heavy (non-hydrogen) atoms. The summed E-state index contributed by atoms with van der Waals surface area (Å²) in [6, 6.07) is 14.1. The van der Waals surface area contributed by atoms with Crippen LogP contribution < -0.4 is 5.32 Å². The van der Waals surface area contributed by atoms with Gasteiger partial charge in [-0.2, -0.15) is 5.26 Å². The molecule has 0 aromatic heterocycles. The van der Waals surface area contributed by atoms with Gasteiger partial charge in [0, 0.05) is 5.69 Å². The molecule has 0 aliphatic carbocycles. The molecule has 2 rings (SSSR count). The first kappa shape index (κ1) is 16.1. The predicted molar refractivity (Wildman–Crippen MR) is 89.9 cm³/mol. The van der Waals surface area contributed by atoms with E-state index in [0.29, 0.717) is 21.3 Å². The number of nitriles is 1. The summed E-state index contributed by atoms with van der Waals surface area (Å²) in [4.78, 5) is 12.2. The van der Waals surface area contributed by atoms with Crippen LogP contribution >= 0.6 is 23.2 Å². The van der Waals surface area contributed by atoms with E-state index in [9.17, 15) is 10.1 Å². The molecule has 2 aromatic rings. The highest BCUT2D eigenvalue weighted by Gasteiger charge is 2.10. The van der Waals surface area contributed by atoms with Crippen LogP contribution in [-0.4, -0.2) is 5.91 Å². The van der Waals surface area contributed by atoms with E-state index in [1.807, 2.05) is 31.2 Å². The minimum absolute atomic E-state index is 0.0140. The van der Waals surface area contributed by atoms with Crippen molar-refractivity contribution >= 4 is 40.9 Å². The zero-order valence-electron chi connectivity index (χ0n) is 11.7. The third kappa shape index (κ3) is 4.11. The molecule has 0 saturated carbocycles. The van der Waals surface area contributed by atoms with Gasteiger partial charge in [0.2, 0.25) is 0 Å². The maximum absolute atomic E-state index is 12.2. The Kier molecular flexibility index (Phi) is 5.21. The number of hydrogen-bond donors (Lipinski definition) is 1. The standard InChI is InChI=1S/C17H12Cl2N2O/c1-11-3-2-4-14(7-11)21-17(22)13(10-20)8-12-5-6-15(18)16(19)9-12/h2-9H,1H3,(H,21,22)/b13-8+. The second-order valence-electron chi connectivity index (χ2n) is 4.67. The van der Waals surface area contributed by atoms with Crippen LogP contribution in [0.15, 0.2) is 48.0 Å². The van der Waals surface area contributed by atoms with Crippen LogP contribution in [-0.2, 0) is 4.79 Å². The summed E-state index contributed by atoms with van der Waals surface area (Å²) in [6.07, 6.45) is 1.47. The molecule has 110 valence electrons. The Morgan fingerprint density at radius 3 is 2.59 bits per heavy atom. The van der Waals surface area contributed by atoms with E-state index in [0.717, 1.165) is 5.56 Å². The fraction of sp³-hybridized carbons (Fsp3) is 0.0588. The maximum atomic E-state index is 12.2. The van der Waals surface area contributed by atoms with Crippen LogP contribution in [0, 0.1) is 18.3 Å². The Morgan fingerprint density at radius 1 is 1.18 bits per heavy atom. The molecule has 0 saturated heterocycles. The van der Waals surface area contributed by atoms with Crippen molar-refractivity contribution in [2.24, 2.45) is 0 Å². The Bertz CT molecular complexity index is 791. The SMILES string of the molecule is Cc1cccc(NC(=O)/C(C#N)=C/c2ccc(Cl)c(Cl)c2)c1. The molecule has 2 aromatic carbocycles.